The SMILES string of the molecule is CCOC(=O)Cc1ccccc1OCc1nn([C@@H]2CCN(C(=O)OCC)C2)c2ccc(Br)cc12. The number of carbonyl (C=O) groups is 2. The van der Waals surface area contributed by atoms with Crippen LogP contribution in [0.4, 0.5) is 4.79 Å². The van der Waals surface area contributed by atoms with Crippen molar-refractivity contribution in [1.29, 1.82) is 0 Å². The molecule has 1 aromatic heterocycles. The number of esters is 1. The van der Waals surface area contributed by atoms with E-state index in [9.17, 15) is 9.59 Å². The quantitative estimate of drug-likeness (QED) is 0.386. The van der Waals surface area contributed by atoms with Gasteiger partial charge in [-0.25, -0.2) is 4.79 Å². The monoisotopic (exact) mass is 529 g/mol. The molecule has 0 spiro atoms. The molecule has 0 unspecified atom stereocenters. The Morgan fingerprint density at radius 3 is 2.71 bits per heavy atom. The van der Waals surface area contributed by atoms with Crippen molar-refractivity contribution in [2.45, 2.75) is 39.3 Å². The lowest BCUT2D eigenvalue weighted by molar-refractivity contribution is -0.142. The molecule has 2 aromatic carbocycles. The maximum Gasteiger partial charge on any atom is 0.409 e. The lowest BCUT2D eigenvalue weighted by Crippen LogP contribution is -2.29. The summed E-state index contributed by atoms with van der Waals surface area (Å²) in [4.78, 5) is 25.9. The van der Waals surface area contributed by atoms with Crippen molar-refractivity contribution in [2.24, 2.45) is 0 Å². The molecule has 1 aliphatic heterocycles. The largest absolute Gasteiger partial charge is 0.487 e. The van der Waals surface area contributed by atoms with Crippen molar-refractivity contribution < 1.29 is 23.8 Å². The summed E-state index contributed by atoms with van der Waals surface area (Å²) in [5.74, 6) is 0.340. The zero-order chi connectivity index (χ0) is 24.1. The maximum atomic E-state index is 12.2. The van der Waals surface area contributed by atoms with Crippen LogP contribution in [0.3, 0.4) is 0 Å². The zero-order valence-corrected chi connectivity index (χ0v) is 20.9. The van der Waals surface area contributed by atoms with E-state index in [4.69, 9.17) is 19.3 Å². The van der Waals surface area contributed by atoms with E-state index < -0.39 is 0 Å². The highest BCUT2D eigenvalue weighted by Crippen LogP contribution is 2.31. The van der Waals surface area contributed by atoms with Crippen LogP contribution in [0.25, 0.3) is 10.9 Å². The first-order chi connectivity index (χ1) is 16.5. The Morgan fingerprint density at radius 2 is 1.91 bits per heavy atom. The lowest BCUT2D eigenvalue weighted by atomic mass is 10.1. The molecule has 0 saturated carbocycles. The van der Waals surface area contributed by atoms with Crippen LogP contribution in [0.5, 0.6) is 5.75 Å². The fourth-order valence-electron chi connectivity index (χ4n) is 4.19. The number of hydrogen-bond donors (Lipinski definition) is 0. The molecule has 0 bridgehead atoms. The van der Waals surface area contributed by atoms with E-state index in [0.717, 1.165) is 33.1 Å². The summed E-state index contributed by atoms with van der Waals surface area (Å²) < 4.78 is 19.3. The van der Waals surface area contributed by atoms with Crippen molar-refractivity contribution in [3.8, 4) is 5.75 Å². The number of amides is 1. The minimum atomic E-state index is -0.287. The molecule has 2 heterocycles. The first-order valence-corrected chi connectivity index (χ1v) is 12.2. The molecule has 0 radical (unpaired) electrons. The summed E-state index contributed by atoms with van der Waals surface area (Å²) in [7, 11) is 0. The molecular formula is C25H28BrN3O5. The van der Waals surface area contributed by atoms with E-state index in [1.165, 1.54) is 0 Å². The molecule has 1 atom stereocenters. The predicted octanol–water partition coefficient (Wildman–Crippen LogP) is 4.89. The molecule has 3 aromatic rings. The van der Waals surface area contributed by atoms with Gasteiger partial charge in [-0.3, -0.25) is 9.48 Å². The molecule has 1 amide bonds. The van der Waals surface area contributed by atoms with Crippen LogP contribution in [-0.2, 0) is 27.3 Å². The number of rotatable bonds is 8. The summed E-state index contributed by atoms with van der Waals surface area (Å²) in [6.07, 6.45) is 0.663. The molecule has 1 aliphatic rings. The second-order valence-electron chi connectivity index (χ2n) is 8.02. The summed E-state index contributed by atoms with van der Waals surface area (Å²) in [6.45, 7) is 5.72. The van der Waals surface area contributed by atoms with Crippen LogP contribution in [0.1, 0.15) is 37.6 Å². The molecule has 1 saturated heterocycles. The number of halogens is 1. The number of carbonyl (C=O) groups excluding carboxylic acids is 2. The average molecular weight is 530 g/mol. The fourth-order valence-corrected chi connectivity index (χ4v) is 4.55. The van der Waals surface area contributed by atoms with Gasteiger partial charge < -0.3 is 19.1 Å². The van der Waals surface area contributed by atoms with E-state index in [-0.39, 0.29) is 31.1 Å². The average Bonchev–Trinajstić information content (AvgIpc) is 3.44. The molecular weight excluding hydrogens is 502 g/mol. The minimum absolute atomic E-state index is 0.0536. The number of fused-ring (bicyclic) bond motifs is 1. The van der Waals surface area contributed by atoms with Crippen LogP contribution in [0.15, 0.2) is 46.9 Å². The zero-order valence-electron chi connectivity index (χ0n) is 19.3. The Kier molecular flexibility index (Phi) is 7.72. The molecule has 0 aliphatic carbocycles. The summed E-state index contributed by atoms with van der Waals surface area (Å²) in [5, 5.41) is 5.87. The Morgan fingerprint density at radius 1 is 1.12 bits per heavy atom. The third-order valence-electron chi connectivity index (χ3n) is 5.76. The topological polar surface area (TPSA) is 82.9 Å². The van der Waals surface area contributed by atoms with Gasteiger partial charge in [0.1, 0.15) is 18.1 Å². The fraction of sp³-hybridized carbons (Fsp3) is 0.400. The predicted molar refractivity (Wildman–Crippen MR) is 131 cm³/mol. The van der Waals surface area contributed by atoms with Crippen LogP contribution in [0, 0.1) is 0 Å². The van der Waals surface area contributed by atoms with Crippen molar-refractivity contribution in [1.82, 2.24) is 14.7 Å². The number of hydrogen-bond acceptors (Lipinski definition) is 6. The second kappa shape index (κ2) is 10.9. The highest BCUT2D eigenvalue weighted by molar-refractivity contribution is 9.10. The first kappa shape index (κ1) is 24.1. The highest BCUT2D eigenvalue weighted by Gasteiger charge is 2.30. The van der Waals surface area contributed by atoms with Gasteiger partial charge in [0, 0.05) is 28.5 Å². The van der Waals surface area contributed by atoms with Crippen molar-refractivity contribution >= 4 is 38.9 Å². The van der Waals surface area contributed by atoms with Crippen LogP contribution < -0.4 is 4.74 Å². The minimum Gasteiger partial charge on any atom is -0.487 e. The third-order valence-corrected chi connectivity index (χ3v) is 6.25. The van der Waals surface area contributed by atoms with E-state index in [2.05, 4.69) is 15.9 Å². The Hall–Kier alpha value is -3.07. The van der Waals surface area contributed by atoms with Crippen LogP contribution in [-0.4, -0.2) is 53.0 Å². The molecule has 1 fully saturated rings. The van der Waals surface area contributed by atoms with Gasteiger partial charge in [-0.1, -0.05) is 34.1 Å². The van der Waals surface area contributed by atoms with Gasteiger partial charge in [0.15, 0.2) is 0 Å². The van der Waals surface area contributed by atoms with Gasteiger partial charge in [-0.05, 0) is 44.5 Å². The molecule has 0 N–H and O–H groups in total. The molecule has 4 rings (SSSR count). The van der Waals surface area contributed by atoms with Crippen molar-refractivity contribution in [3.05, 3.63) is 58.2 Å². The van der Waals surface area contributed by atoms with Crippen molar-refractivity contribution in [3.63, 3.8) is 0 Å². The Labute approximate surface area is 206 Å². The number of benzene rings is 2. The first-order valence-electron chi connectivity index (χ1n) is 11.4. The number of ether oxygens (including phenoxy) is 3. The van der Waals surface area contributed by atoms with Crippen LogP contribution in [0.2, 0.25) is 0 Å². The number of para-hydroxylation sites is 1. The van der Waals surface area contributed by atoms with Gasteiger partial charge in [0.05, 0.1) is 31.2 Å². The molecule has 9 heteroatoms. The summed E-state index contributed by atoms with van der Waals surface area (Å²) in [5.41, 5.74) is 2.54. The standard InChI is InChI=1S/C25H28BrN3O5/c1-3-32-24(30)13-17-7-5-6-8-23(17)34-16-21-20-14-18(26)9-10-22(20)29(27-21)19-11-12-28(15-19)25(31)33-4-2/h5-10,14,19H,3-4,11-13,15-16H2,1-2H3/t19-/m1/s1. The summed E-state index contributed by atoms with van der Waals surface area (Å²) >= 11 is 3.56. The van der Waals surface area contributed by atoms with Crippen molar-refractivity contribution in [2.75, 3.05) is 26.3 Å². The lowest BCUT2D eigenvalue weighted by Gasteiger charge is -2.16. The smallest absolute Gasteiger partial charge is 0.409 e. The molecule has 8 nitrogen and oxygen atoms in total. The highest BCUT2D eigenvalue weighted by atomic mass is 79.9. The third kappa shape index (κ3) is 5.35. The second-order valence-corrected chi connectivity index (χ2v) is 8.93. The van der Waals surface area contributed by atoms with Gasteiger partial charge in [-0.2, -0.15) is 5.10 Å². The molecule has 180 valence electrons. The van der Waals surface area contributed by atoms with E-state index in [1.54, 1.807) is 11.8 Å². The summed E-state index contributed by atoms with van der Waals surface area (Å²) in [6, 6.07) is 13.5. The molecule has 34 heavy (non-hydrogen) atoms. The van der Waals surface area contributed by atoms with E-state index in [1.807, 2.05) is 54.1 Å². The Balaban J connectivity index is 1.56. The van der Waals surface area contributed by atoms with E-state index in [0.29, 0.717) is 32.1 Å². The van der Waals surface area contributed by atoms with Gasteiger partial charge in [0.25, 0.3) is 0 Å². The maximum absolute atomic E-state index is 12.2. The van der Waals surface area contributed by atoms with Gasteiger partial charge in [0.2, 0.25) is 0 Å². The van der Waals surface area contributed by atoms with Gasteiger partial charge >= 0.3 is 12.1 Å². The van der Waals surface area contributed by atoms with E-state index >= 15 is 0 Å². The van der Waals surface area contributed by atoms with Gasteiger partial charge in [-0.15, -0.1) is 0 Å². The number of nitrogens with zero attached hydrogens (tertiary/aromatic N) is 3. The Bertz CT molecular complexity index is 1180. The van der Waals surface area contributed by atoms with Crippen LogP contribution >= 0.6 is 15.9 Å². The number of aromatic nitrogens is 2. The normalized spacial score (nSPS) is 15.5. The number of likely N-dealkylation sites (tertiary alicyclic amines) is 1.